The molecule has 0 heterocycles. The van der Waals surface area contributed by atoms with Gasteiger partial charge in [0, 0.05) is 25.4 Å². The van der Waals surface area contributed by atoms with Crippen molar-refractivity contribution in [2.45, 2.75) is 103 Å². The highest BCUT2D eigenvalue weighted by Gasteiger charge is 2.41. The van der Waals surface area contributed by atoms with Gasteiger partial charge in [0.1, 0.15) is 0 Å². The summed E-state index contributed by atoms with van der Waals surface area (Å²) in [5.41, 5.74) is 0. The molecule has 5 nitrogen and oxygen atoms in total. The van der Waals surface area contributed by atoms with Gasteiger partial charge in [-0.15, -0.1) is 0 Å². The minimum absolute atomic E-state index is 0.00312. The zero-order valence-electron chi connectivity index (χ0n) is 19.3. The predicted molar refractivity (Wildman–Crippen MR) is 121 cm³/mol. The summed E-state index contributed by atoms with van der Waals surface area (Å²) in [6.45, 7) is 5.02. The van der Waals surface area contributed by atoms with Gasteiger partial charge < -0.3 is 19.7 Å². The smallest absolute Gasteiger partial charge is 0.305 e. The molecule has 0 amide bonds. The lowest BCUT2D eigenvalue weighted by molar-refractivity contribution is -0.140. The van der Waals surface area contributed by atoms with Crippen molar-refractivity contribution >= 4 is 5.97 Å². The molecule has 1 aliphatic rings. The Labute approximate surface area is 183 Å². The first-order valence-corrected chi connectivity index (χ1v) is 11.9. The van der Waals surface area contributed by atoms with Crippen LogP contribution in [0.5, 0.6) is 0 Å². The summed E-state index contributed by atoms with van der Waals surface area (Å²) in [4.78, 5) is 11.2. The van der Waals surface area contributed by atoms with Gasteiger partial charge in [-0.2, -0.15) is 0 Å². The van der Waals surface area contributed by atoms with Gasteiger partial charge in [0.25, 0.3) is 0 Å². The SMILES string of the molecule is CCCCCC(O)C=CC1C(OCCCC)CC(O)C1CC=CCCCC(=O)OC. The average Bonchev–Trinajstić information content (AvgIpc) is 3.03. The highest BCUT2D eigenvalue weighted by atomic mass is 16.5. The van der Waals surface area contributed by atoms with Gasteiger partial charge >= 0.3 is 5.97 Å². The molecule has 1 saturated carbocycles. The highest BCUT2D eigenvalue weighted by molar-refractivity contribution is 5.69. The number of carbonyl (C=O) groups excluding carboxylic acids is 1. The number of esters is 1. The van der Waals surface area contributed by atoms with Crippen LogP contribution in [0.3, 0.4) is 0 Å². The van der Waals surface area contributed by atoms with Crippen molar-refractivity contribution in [3.63, 3.8) is 0 Å². The first-order chi connectivity index (χ1) is 14.5. The zero-order valence-corrected chi connectivity index (χ0v) is 19.3. The standard InChI is InChI=1S/C25H44O5/c1-4-6-10-13-20(26)16-17-22-21(14-11-8-9-12-15-25(28)29-3)23(27)19-24(22)30-18-7-5-2/h8,11,16-17,20-24,26-27H,4-7,9-10,12-15,18-19H2,1-3H3. The van der Waals surface area contributed by atoms with Crippen molar-refractivity contribution in [2.24, 2.45) is 11.8 Å². The molecule has 174 valence electrons. The third kappa shape index (κ3) is 10.7. The summed E-state index contributed by atoms with van der Waals surface area (Å²) in [6, 6.07) is 0. The second-order valence-electron chi connectivity index (χ2n) is 8.43. The topological polar surface area (TPSA) is 76.0 Å². The van der Waals surface area contributed by atoms with E-state index in [1.807, 2.05) is 6.08 Å². The van der Waals surface area contributed by atoms with Gasteiger partial charge in [-0.1, -0.05) is 63.8 Å². The molecule has 5 atom stereocenters. The Hall–Kier alpha value is -1.17. The molecule has 2 N–H and O–H groups in total. The molecule has 0 aliphatic heterocycles. The van der Waals surface area contributed by atoms with Crippen LogP contribution in [-0.2, 0) is 14.3 Å². The monoisotopic (exact) mass is 424 g/mol. The van der Waals surface area contributed by atoms with E-state index in [2.05, 4.69) is 36.8 Å². The van der Waals surface area contributed by atoms with Crippen LogP contribution in [0.25, 0.3) is 0 Å². The van der Waals surface area contributed by atoms with E-state index in [9.17, 15) is 15.0 Å². The van der Waals surface area contributed by atoms with Gasteiger partial charge in [-0.3, -0.25) is 4.79 Å². The van der Waals surface area contributed by atoms with E-state index in [1.54, 1.807) is 0 Å². The van der Waals surface area contributed by atoms with Crippen LogP contribution in [0.1, 0.15) is 84.5 Å². The molecule has 0 bridgehead atoms. The van der Waals surface area contributed by atoms with E-state index >= 15 is 0 Å². The maximum atomic E-state index is 11.2. The second-order valence-corrected chi connectivity index (χ2v) is 8.43. The molecule has 0 aromatic rings. The molecular formula is C25H44O5. The molecule has 0 aromatic carbocycles. The minimum Gasteiger partial charge on any atom is -0.469 e. The molecule has 30 heavy (non-hydrogen) atoms. The first-order valence-electron chi connectivity index (χ1n) is 11.9. The zero-order chi connectivity index (χ0) is 22.2. The number of unbranched alkanes of at least 4 members (excludes halogenated alkanes) is 4. The van der Waals surface area contributed by atoms with E-state index in [0.717, 1.165) is 57.8 Å². The molecule has 0 saturated heterocycles. The van der Waals surface area contributed by atoms with E-state index in [0.29, 0.717) is 19.4 Å². The van der Waals surface area contributed by atoms with Gasteiger partial charge in [-0.05, 0) is 38.0 Å². The number of methoxy groups -OCH3 is 1. The second kappa shape index (κ2) is 16.5. The van der Waals surface area contributed by atoms with Crippen LogP contribution in [0, 0.1) is 11.8 Å². The fourth-order valence-electron chi connectivity index (χ4n) is 4.04. The Bertz CT molecular complexity index is 502. The van der Waals surface area contributed by atoms with Gasteiger partial charge in [-0.25, -0.2) is 0 Å². The van der Waals surface area contributed by atoms with Crippen LogP contribution in [0.4, 0.5) is 0 Å². The molecule has 5 heteroatoms. The lowest BCUT2D eigenvalue weighted by Crippen LogP contribution is -2.22. The average molecular weight is 425 g/mol. The van der Waals surface area contributed by atoms with Crippen LogP contribution >= 0.6 is 0 Å². The molecule has 0 radical (unpaired) electrons. The lowest BCUT2D eigenvalue weighted by Gasteiger charge is -2.22. The summed E-state index contributed by atoms with van der Waals surface area (Å²) < 4.78 is 10.8. The minimum atomic E-state index is -0.430. The van der Waals surface area contributed by atoms with E-state index in [1.165, 1.54) is 7.11 Å². The summed E-state index contributed by atoms with van der Waals surface area (Å²) in [5, 5.41) is 20.9. The maximum absolute atomic E-state index is 11.2. The van der Waals surface area contributed by atoms with Crippen LogP contribution < -0.4 is 0 Å². The molecule has 0 aromatic heterocycles. The van der Waals surface area contributed by atoms with Gasteiger partial charge in [0.05, 0.1) is 25.4 Å². The third-order valence-electron chi connectivity index (χ3n) is 5.93. The number of allylic oxidation sites excluding steroid dienone is 2. The van der Waals surface area contributed by atoms with Crippen molar-refractivity contribution in [1.29, 1.82) is 0 Å². The van der Waals surface area contributed by atoms with Crippen LogP contribution in [0.2, 0.25) is 0 Å². The number of aliphatic hydroxyl groups excluding tert-OH is 2. The largest absolute Gasteiger partial charge is 0.469 e. The lowest BCUT2D eigenvalue weighted by atomic mass is 9.89. The van der Waals surface area contributed by atoms with Crippen molar-refractivity contribution in [3.05, 3.63) is 24.3 Å². The number of rotatable bonds is 16. The Kier molecular flexibility index (Phi) is 14.8. The van der Waals surface area contributed by atoms with Crippen molar-refractivity contribution < 1.29 is 24.5 Å². The maximum Gasteiger partial charge on any atom is 0.305 e. The number of carbonyl (C=O) groups is 1. The van der Waals surface area contributed by atoms with Gasteiger partial charge in [0.15, 0.2) is 0 Å². The molecular weight excluding hydrogens is 380 g/mol. The Morgan fingerprint density at radius 2 is 1.90 bits per heavy atom. The Balaban J connectivity index is 2.63. The van der Waals surface area contributed by atoms with Gasteiger partial charge in [0.2, 0.25) is 0 Å². The molecule has 0 spiro atoms. The highest BCUT2D eigenvalue weighted by Crippen LogP contribution is 2.38. The number of hydrogen-bond acceptors (Lipinski definition) is 5. The van der Waals surface area contributed by atoms with E-state index in [4.69, 9.17) is 4.74 Å². The first kappa shape index (κ1) is 26.9. The summed E-state index contributed by atoms with van der Waals surface area (Å²) in [5.74, 6) is 0.0226. The van der Waals surface area contributed by atoms with Crippen LogP contribution in [0.15, 0.2) is 24.3 Å². The Morgan fingerprint density at radius 1 is 1.13 bits per heavy atom. The summed E-state index contributed by atoms with van der Waals surface area (Å²) in [6.07, 6.45) is 17.0. The fraction of sp³-hybridized carbons (Fsp3) is 0.800. The fourth-order valence-corrected chi connectivity index (χ4v) is 4.04. The molecule has 1 aliphatic carbocycles. The summed E-state index contributed by atoms with van der Waals surface area (Å²) >= 11 is 0. The molecule has 1 fully saturated rings. The normalized spacial score (nSPS) is 25.4. The number of aliphatic hydroxyl groups is 2. The third-order valence-corrected chi connectivity index (χ3v) is 5.93. The Morgan fingerprint density at radius 3 is 2.60 bits per heavy atom. The number of ether oxygens (including phenoxy) is 2. The number of hydrogen-bond donors (Lipinski definition) is 2. The quantitative estimate of drug-likeness (QED) is 0.208. The van der Waals surface area contributed by atoms with Crippen molar-refractivity contribution in [2.75, 3.05) is 13.7 Å². The van der Waals surface area contributed by atoms with Crippen molar-refractivity contribution in [1.82, 2.24) is 0 Å². The summed E-state index contributed by atoms with van der Waals surface area (Å²) in [7, 11) is 1.41. The molecule has 5 unspecified atom stereocenters. The molecule has 1 rings (SSSR count). The van der Waals surface area contributed by atoms with E-state index in [-0.39, 0.29) is 23.9 Å². The van der Waals surface area contributed by atoms with Crippen molar-refractivity contribution in [3.8, 4) is 0 Å². The van der Waals surface area contributed by atoms with E-state index < -0.39 is 12.2 Å². The van der Waals surface area contributed by atoms with Crippen LogP contribution in [-0.4, -0.2) is 48.2 Å². The predicted octanol–water partition coefficient (Wildman–Crippen LogP) is 4.96.